The molecule has 0 aliphatic carbocycles. The summed E-state index contributed by atoms with van der Waals surface area (Å²) in [6.45, 7) is 5.89. The van der Waals surface area contributed by atoms with E-state index in [-0.39, 0.29) is 0 Å². The molecule has 19 heavy (non-hydrogen) atoms. The van der Waals surface area contributed by atoms with E-state index < -0.39 is 7.60 Å². The van der Waals surface area contributed by atoms with Crippen LogP contribution in [0.3, 0.4) is 0 Å². The number of hydrogen-bond donors (Lipinski definition) is 0. The van der Waals surface area contributed by atoms with Crippen molar-refractivity contribution >= 4 is 12.9 Å². The lowest BCUT2D eigenvalue weighted by Gasteiger charge is -2.16. The number of rotatable bonds is 1. The normalized spacial score (nSPS) is 15.5. The molecular formula is C15H15O3P. The fourth-order valence-electron chi connectivity index (χ4n) is 2.57. The second kappa shape index (κ2) is 4.14. The summed E-state index contributed by atoms with van der Waals surface area (Å²) < 4.78 is 24.2. The van der Waals surface area contributed by atoms with Gasteiger partial charge in [-0.1, -0.05) is 29.8 Å². The van der Waals surface area contributed by atoms with E-state index in [9.17, 15) is 4.57 Å². The summed E-state index contributed by atoms with van der Waals surface area (Å²) in [5.74, 6) is 1.09. The highest BCUT2D eigenvalue weighted by molar-refractivity contribution is 7.63. The zero-order chi connectivity index (χ0) is 13.6. The third-order valence-electron chi connectivity index (χ3n) is 3.20. The molecule has 1 heterocycles. The first kappa shape index (κ1) is 12.3. The molecule has 1 aliphatic rings. The van der Waals surface area contributed by atoms with Crippen LogP contribution in [0.15, 0.2) is 36.4 Å². The monoisotopic (exact) mass is 274 g/mol. The minimum atomic E-state index is -3.30. The molecule has 0 spiro atoms. The van der Waals surface area contributed by atoms with Gasteiger partial charge in [-0.2, -0.15) is 0 Å². The highest BCUT2D eigenvalue weighted by Crippen LogP contribution is 2.58. The summed E-state index contributed by atoms with van der Waals surface area (Å²) in [4.78, 5) is 0. The van der Waals surface area contributed by atoms with Crippen LogP contribution in [0.4, 0.5) is 0 Å². The van der Waals surface area contributed by atoms with Gasteiger partial charge in [-0.05, 0) is 44.0 Å². The Morgan fingerprint density at radius 3 is 1.84 bits per heavy atom. The van der Waals surface area contributed by atoms with Crippen molar-refractivity contribution in [3.05, 3.63) is 53.1 Å². The molecule has 0 aromatic heterocycles. The van der Waals surface area contributed by atoms with E-state index in [4.69, 9.17) is 9.05 Å². The zero-order valence-corrected chi connectivity index (χ0v) is 12.0. The van der Waals surface area contributed by atoms with E-state index >= 15 is 0 Å². The Kier molecular flexibility index (Phi) is 2.68. The van der Waals surface area contributed by atoms with E-state index in [2.05, 4.69) is 0 Å². The van der Waals surface area contributed by atoms with Crippen LogP contribution in [-0.4, -0.2) is 0 Å². The van der Waals surface area contributed by atoms with E-state index in [1.807, 2.05) is 45.0 Å². The van der Waals surface area contributed by atoms with Gasteiger partial charge in [-0.25, -0.2) is 4.57 Å². The first-order chi connectivity index (χ1) is 8.99. The third kappa shape index (κ3) is 1.95. The standard InChI is InChI=1S/C15H15O3P/c1-10-8-11(2)15(12(3)9-10)19(16)17-13-6-4-5-7-14(13)18-19/h4-9H,1-3H3. The highest BCUT2D eigenvalue weighted by Gasteiger charge is 2.40. The van der Waals surface area contributed by atoms with Crippen LogP contribution in [0.25, 0.3) is 0 Å². The van der Waals surface area contributed by atoms with Crippen molar-refractivity contribution in [1.82, 2.24) is 0 Å². The smallest absolute Gasteiger partial charge is 0.409 e. The molecule has 3 nitrogen and oxygen atoms in total. The summed E-state index contributed by atoms with van der Waals surface area (Å²) in [6, 6.07) is 11.2. The van der Waals surface area contributed by atoms with Gasteiger partial charge < -0.3 is 9.05 Å². The molecule has 0 fully saturated rings. The van der Waals surface area contributed by atoms with Gasteiger partial charge in [-0.15, -0.1) is 0 Å². The van der Waals surface area contributed by atoms with Crippen LogP contribution in [0.5, 0.6) is 11.5 Å². The maximum atomic E-state index is 13.0. The topological polar surface area (TPSA) is 35.5 Å². The molecule has 0 N–H and O–H groups in total. The lowest BCUT2D eigenvalue weighted by atomic mass is 10.1. The number of fused-ring (bicyclic) bond motifs is 1. The van der Waals surface area contributed by atoms with Crippen molar-refractivity contribution in [3.8, 4) is 11.5 Å². The Morgan fingerprint density at radius 1 is 0.895 bits per heavy atom. The second-order valence-electron chi connectivity index (χ2n) is 4.87. The largest absolute Gasteiger partial charge is 0.463 e. The zero-order valence-electron chi connectivity index (χ0n) is 11.1. The predicted octanol–water partition coefficient (Wildman–Crippen LogP) is 3.90. The third-order valence-corrected chi connectivity index (χ3v) is 5.32. The number of hydrogen-bond acceptors (Lipinski definition) is 3. The van der Waals surface area contributed by atoms with Gasteiger partial charge in [0.15, 0.2) is 11.5 Å². The molecule has 2 aromatic carbocycles. The second-order valence-corrected chi connectivity index (χ2v) is 6.68. The minimum Gasteiger partial charge on any atom is -0.409 e. The Hall–Kier alpha value is -1.73. The maximum absolute atomic E-state index is 13.0. The van der Waals surface area contributed by atoms with Gasteiger partial charge in [0.1, 0.15) is 0 Å². The number of aryl methyl sites for hydroxylation is 3. The Labute approximate surface area is 112 Å². The quantitative estimate of drug-likeness (QED) is 0.740. The lowest BCUT2D eigenvalue weighted by molar-refractivity contribution is 0.444. The minimum absolute atomic E-state index is 0.546. The fourth-order valence-corrected chi connectivity index (χ4v) is 4.61. The van der Waals surface area contributed by atoms with Gasteiger partial charge in [0.2, 0.25) is 0 Å². The van der Waals surface area contributed by atoms with Crippen LogP contribution >= 0.6 is 7.60 Å². The number of para-hydroxylation sites is 2. The molecule has 1 aliphatic heterocycles. The Balaban J connectivity index is 2.13. The van der Waals surface area contributed by atoms with Crippen molar-refractivity contribution in [1.29, 1.82) is 0 Å². The molecule has 0 saturated heterocycles. The molecule has 0 amide bonds. The summed E-state index contributed by atoms with van der Waals surface area (Å²) >= 11 is 0. The van der Waals surface area contributed by atoms with E-state index in [0.29, 0.717) is 16.8 Å². The molecule has 0 radical (unpaired) electrons. The van der Waals surface area contributed by atoms with Gasteiger partial charge in [0, 0.05) is 0 Å². The summed E-state index contributed by atoms with van der Waals surface area (Å²) in [5.41, 5.74) is 3.02. The Bertz CT molecular complexity index is 654. The summed E-state index contributed by atoms with van der Waals surface area (Å²) in [5, 5.41) is 0.675. The van der Waals surface area contributed by atoms with Crippen molar-refractivity contribution in [3.63, 3.8) is 0 Å². The summed E-state index contributed by atoms with van der Waals surface area (Å²) in [7, 11) is -3.30. The fraction of sp³-hybridized carbons (Fsp3) is 0.200. The average Bonchev–Trinajstić information content (AvgIpc) is 2.63. The van der Waals surface area contributed by atoms with Gasteiger partial charge in [-0.3, -0.25) is 0 Å². The van der Waals surface area contributed by atoms with Crippen molar-refractivity contribution < 1.29 is 13.6 Å². The van der Waals surface area contributed by atoms with Gasteiger partial charge >= 0.3 is 7.60 Å². The molecule has 2 aromatic rings. The van der Waals surface area contributed by atoms with Gasteiger partial charge in [0.25, 0.3) is 0 Å². The van der Waals surface area contributed by atoms with E-state index in [1.54, 1.807) is 12.1 Å². The molecule has 4 heteroatoms. The number of benzene rings is 2. The van der Waals surface area contributed by atoms with Crippen LogP contribution in [0.1, 0.15) is 16.7 Å². The summed E-state index contributed by atoms with van der Waals surface area (Å²) in [6.07, 6.45) is 0. The molecular weight excluding hydrogens is 259 g/mol. The molecule has 0 atom stereocenters. The SMILES string of the molecule is Cc1cc(C)c(P2(=O)Oc3ccccc3O2)c(C)c1. The van der Waals surface area contributed by atoms with Crippen molar-refractivity contribution in [2.75, 3.05) is 0 Å². The van der Waals surface area contributed by atoms with Crippen molar-refractivity contribution in [2.24, 2.45) is 0 Å². The van der Waals surface area contributed by atoms with E-state index in [0.717, 1.165) is 16.7 Å². The molecule has 3 rings (SSSR count). The molecule has 0 bridgehead atoms. The molecule has 98 valence electrons. The first-order valence-electron chi connectivity index (χ1n) is 6.16. The highest BCUT2D eigenvalue weighted by atomic mass is 31.2. The van der Waals surface area contributed by atoms with Crippen LogP contribution in [0.2, 0.25) is 0 Å². The predicted molar refractivity (Wildman–Crippen MR) is 75.6 cm³/mol. The van der Waals surface area contributed by atoms with Crippen LogP contribution in [0, 0.1) is 20.8 Å². The maximum Gasteiger partial charge on any atom is 0.463 e. The van der Waals surface area contributed by atoms with Crippen molar-refractivity contribution in [2.45, 2.75) is 20.8 Å². The van der Waals surface area contributed by atoms with Crippen LogP contribution < -0.4 is 14.4 Å². The molecule has 0 unspecified atom stereocenters. The Morgan fingerprint density at radius 2 is 1.37 bits per heavy atom. The average molecular weight is 274 g/mol. The van der Waals surface area contributed by atoms with Gasteiger partial charge in [0.05, 0.1) is 5.30 Å². The van der Waals surface area contributed by atoms with Crippen LogP contribution in [-0.2, 0) is 4.57 Å². The molecule has 0 saturated carbocycles. The first-order valence-corrected chi connectivity index (χ1v) is 7.70. The lowest BCUT2D eigenvalue weighted by Crippen LogP contribution is -2.17. The van der Waals surface area contributed by atoms with E-state index in [1.165, 1.54) is 0 Å².